The smallest absolute Gasteiger partial charge is 0.261 e. The molecule has 0 saturated heterocycles. The molecule has 0 aliphatic rings. The number of rotatable bonds is 3. The van der Waals surface area contributed by atoms with E-state index in [1.54, 1.807) is 6.07 Å². The molecule has 0 aliphatic heterocycles. The van der Waals surface area contributed by atoms with Crippen molar-refractivity contribution in [2.24, 2.45) is 0 Å². The van der Waals surface area contributed by atoms with E-state index in [1.807, 2.05) is 36.4 Å². The zero-order chi connectivity index (χ0) is 18.3. The number of nitrogens with zero attached hydrogens (tertiary/aromatic N) is 2. The summed E-state index contributed by atoms with van der Waals surface area (Å²) in [5.74, 6) is -0.174. The maximum atomic E-state index is 12.7. The summed E-state index contributed by atoms with van der Waals surface area (Å²) in [5, 5.41) is 2.97. The molecule has 0 aliphatic carbocycles. The van der Waals surface area contributed by atoms with Gasteiger partial charge in [-0.25, -0.2) is 4.98 Å². The molecule has 0 bridgehead atoms. The van der Waals surface area contributed by atoms with Crippen molar-refractivity contribution in [3.05, 3.63) is 86.9 Å². The van der Waals surface area contributed by atoms with Gasteiger partial charge >= 0.3 is 0 Å². The number of Topliss-reactive ketones (excluding diaryl/α,β-unsaturated/α-hetero) is 1. The summed E-state index contributed by atoms with van der Waals surface area (Å²) in [6.07, 6.45) is 1.34. The van der Waals surface area contributed by atoms with E-state index < -0.39 is 0 Å². The predicted octanol–water partition coefficient (Wildman–Crippen LogP) is 4.74. The van der Waals surface area contributed by atoms with Crippen LogP contribution >= 0.6 is 23.2 Å². The third-order valence-electron chi connectivity index (χ3n) is 4.23. The fourth-order valence-electron chi connectivity index (χ4n) is 2.92. The summed E-state index contributed by atoms with van der Waals surface area (Å²) in [6.45, 7) is -0.107. The van der Waals surface area contributed by atoms with Gasteiger partial charge in [0.05, 0.1) is 28.8 Å². The molecule has 1 heterocycles. The number of carbonyl (C=O) groups excluding carboxylic acids is 1. The van der Waals surface area contributed by atoms with Crippen LogP contribution in [0, 0.1) is 0 Å². The molecule has 0 fully saturated rings. The van der Waals surface area contributed by atoms with Crippen LogP contribution in [-0.4, -0.2) is 15.3 Å². The van der Waals surface area contributed by atoms with Gasteiger partial charge in [-0.05, 0) is 29.0 Å². The summed E-state index contributed by atoms with van der Waals surface area (Å²) in [6, 6.07) is 16.3. The highest BCUT2D eigenvalue weighted by molar-refractivity contribution is 6.38. The molecule has 0 atom stereocenters. The monoisotopic (exact) mass is 382 g/mol. The molecule has 4 rings (SSSR count). The Morgan fingerprint density at radius 3 is 2.58 bits per heavy atom. The molecular weight excluding hydrogens is 371 g/mol. The van der Waals surface area contributed by atoms with E-state index in [0.29, 0.717) is 21.1 Å². The van der Waals surface area contributed by atoms with Gasteiger partial charge in [0.1, 0.15) is 0 Å². The molecule has 128 valence electrons. The van der Waals surface area contributed by atoms with Gasteiger partial charge in [0.25, 0.3) is 5.56 Å². The minimum Gasteiger partial charge on any atom is -0.292 e. The lowest BCUT2D eigenvalue weighted by Gasteiger charge is -2.08. The van der Waals surface area contributed by atoms with Crippen molar-refractivity contribution < 1.29 is 4.79 Å². The Morgan fingerprint density at radius 1 is 1.00 bits per heavy atom. The maximum Gasteiger partial charge on any atom is 0.261 e. The van der Waals surface area contributed by atoms with E-state index in [0.717, 1.165) is 10.8 Å². The van der Waals surface area contributed by atoms with Crippen molar-refractivity contribution in [2.75, 3.05) is 0 Å². The lowest BCUT2D eigenvalue weighted by molar-refractivity contribution is 0.0971. The molecule has 4 nitrogen and oxygen atoms in total. The Labute approximate surface area is 158 Å². The second kappa shape index (κ2) is 6.56. The van der Waals surface area contributed by atoms with Crippen LogP contribution in [0.25, 0.3) is 21.7 Å². The number of hydrogen-bond acceptors (Lipinski definition) is 3. The Kier molecular flexibility index (Phi) is 4.23. The zero-order valence-electron chi connectivity index (χ0n) is 13.4. The molecule has 3 aromatic carbocycles. The molecule has 4 aromatic rings. The van der Waals surface area contributed by atoms with Gasteiger partial charge in [-0.3, -0.25) is 14.2 Å². The molecule has 0 unspecified atom stereocenters. The van der Waals surface area contributed by atoms with Gasteiger partial charge in [-0.2, -0.15) is 0 Å². The first-order valence-electron chi connectivity index (χ1n) is 7.89. The third kappa shape index (κ3) is 2.98. The van der Waals surface area contributed by atoms with Gasteiger partial charge in [0.2, 0.25) is 0 Å². The second-order valence-electron chi connectivity index (χ2n) is 5.95. The van der Waals surface area contributed by atoms with Gasteiger partial charge in [-0.1, -0.05) is 59.6 Å². The minimum atomic E-state index is -0.353. The van der Waals surface area contributed by atoms with Crippen molar-refractivity contribution >= 4 is 50.7 Å². The number of fused-ring (bicyclic) bond motifs is 2. The lowest BCUT2D eigenvalue weighted by Crippen LogP contribution is -2.24. The highest BCUT2D eigenvalue weighted by atomic mass is 35.5. The summed E-state index contributed by atoms with van der Waals surface area (Å²) in [4.78, 5) is 29.5. The van der Waals surface area contributed by atoms with Crippen LogP contribution in [0.5, 0.6) is 0 Å². The summed E-state index contributed by atoms with van der Waals surface area (Å²) >= 11 is 12.1. The van der Waals surface area contributed by atoms with Crippen LogP contribution in [0.3, 0.4) is 0 Å². The Bertz CT molecular complexity index is 1230. The quantitative estimate of drug-likeness (QED) is 0.480. The first kappa shape index (κ1) is 16.8. The van der Waals surface area contributed by atoms with Crippen molar-refractivity contribution in [1.82, 2.24) is 9.55 Å². The Hall–Kier alpha value is -2.69. The molecule has 0 N–H and O–H groups in total. The molecule has 0 spiro atoms. The largest absolute Gasteiger partial charge is 0.292 e. The maximum absolute atomic E-state index is 12.7. The van der Waals surface area contributed by atoms with Crippen molar-refractivity contribution in [1.29, 1.82) is 0 Å². The Morgan fingerprint density at radius 2 is 1.77 bits per heavy atom. The van der Waals surface area contributed by atoms with Crippen molar-refractivity contribution in [3.8, 4) is 0 Å². The van der Waals surface area contributed by atoms with E-state index in [9.17, 15) is 9.59 Å². The Balaban J connectivity index is 1.73. The second-order valence-corrected chi connectivity index (χ2v) is 6.79. The van der Waals surface area contributed by atoms with Crippen LogP contribution in [0.2, 0.25) is 10.0 Å². The summed E-state index contributed by atoms with van der Waals surface area (Å²) < 4.78 is 1.27. The molecule has 0 radical (unpaired) electrons. The normalized spacial score (nSPS) is 11.2. The highest BCUT2D eigenvalue weighted by Gasteiger charge is 2.13. The molecular formula is C20H12Cl2N2O2. The first-order valence-corrected chi connectivity index (χ1v) is 8.65. The number of benzene rings is 3. The number of halogens is 2. The van der Waals surface area contributed by atoms with Crippen molar-refractivity contribution in [3.63, 3.8) is 0 Å². The van der Waals surface area contributed by atoms with E-state index in [1.165, 1.54) is 23.0 Å². The minimum absolute atomic E-state index is 0.107. The van der Waals surface area contributed by atoms with E-state index in [-0.39, 0.29) is 23.3 Å². The molecule has 1 aromatic heterocycles. The van der Waals surface area contributed by atoms with Crippen LogP contribution in [0.15, 0.2) is 65.7 Å². The van der Waals surface area contributed by atoms with Crippen LogP contribution < -0.4 is 5.56 Å². The van der Waals surface area contributed by atoms with Crippen LogP contribution in [0.4, 0.5) is 0 Å². The van der Waals surface area contributed by atoms with Crippen LogP contribution in [-0.2, 0) is 6.54 Å². The first-order chi connectivity index (χ1) is 12.5. The van der Waals surface area contributed by atoms with Crippen LogP contribution in [0.1, 0.15) is 10.4 Å². The van der Waals surface area contributed by atoms with Gasteiger partial charge in [-0.15, -0.1) is 0 Å². The fourth-order valence-corrected chi connectivity index (χ4v) is 3.46. The summed E-state index contributed by atoms with van der Waals surface area (Å²) in [7, 11) is 0. The molecule has 0 saturated carbocycles. The standard InChI is InChI=1S/C20H12Cl2N2O2/c21-15-8-16-19(17(22)9-15)23-11-24(20(16)26)10-18(25)14-6-5-12-3-1-2-4-13(12)7-14/h1-9,11H,10H2. The fraction of sp³-hybridized carbons (Fsp3) is 0.0500. The number of ketones is 1. The third-order valence-corrected chi connectivity index (χ3v) is 4.74. The number of carbonyl (C=O) groups is 1. The molecule has 6 heteroatoms. The number of hydrogen-bond donors (Lipinski definition) is 0. The van der Waals surface area contributed by atoms with Gasteiger partial charge < -0.3 is 0 Å². The number of aromatic nitrogens is 2. The molecule has 26 heavy (non-hydrogen) atoms. The topological polar surface area (TPSA) is 52.0 Å². The zero-order valence-corrected chi connectivity index (χ0v) is 15.0. The SMILES string of the molecule is O=C(Cn1cnc2c(Cl)cc(Cl)cc2c1=O)c1ccc2ccccc2c1. The lowest BCUT2D eigenvalue weighted by atomic mass is 10.0. The van der Waals surface area contributed by atoms with E-state index in [2.05, 4.69) is 4.98 Å². The molecule has 0 amide bonds. The van der Waals surface area contributed by atoms with Gasteiger partial charge in [0.15, 0.2) is 5.78 Å². The van der Waals surface area contributed by atoms with Gasteiger partial charge in [0, 0.05) is 10.6 Å². The predicted molar refractivity (Wildman–Crippen MR) is 104 cm³/mol. The van der Waals surface area contributed by atoms with E-state index in [4.69, 9.17) is 23.2 Å². The van der Waals surface area contributed by atoms with E-state index >= 15 is 0 Å². The highest BCUT2D eigenvalue weighted by Crippen LogP contribution is 2.24. The summed E-state index contributed by atoms with van der Waals surface area (Å²) in [5.41, 5.74) is 0.559. The average molecular weight is 383 g/mol. The average Bonchev–Trinajstić information content (AvgIpc) is 2.64. The van der Waals surface area contributed by atoms with Crippen molar-refractivity contribution in [2.45, 2.75) is 6.54 Å².